The second-order valence-electron chi connectivity index (χ2n) is 13.1. The zero-order valence-corrected chi connectivity index (χ0v) is 27.3. The summed E-state index contributed by atoms with van der Waals surface area (Å²) in [6.07, 6.45) is -1.89. The molecule has 7 aromatic rings. The van der Waals surface area contributed by atoms with Crippen LogP contribution in [0.2, 0.25) is 0 Å². The number of benzene rings is 7. The van der Waals surface area contributed by atoms with Gasteiger partial charge in [0.05, 0.1) is 27.4 Å². The van der Waals surface area contributed by atoms with Crippen molar-refractivity contribution in [3.63, 3.8) is 0 Å². The number of hydrogen-bond donors (Lipinski definition) is 1. The number of aliphatic hydroxyl groups is 1. The van der Waals surface area contributed by atoms with Crippen molar-refractivity contribution in [1.29, 1.82) is 0 Å². The first-order chi connectivity index (χ1) is 24.0. The third-order valence-electron chi connectivity index (χ3n) is 10.6. The molecule has 4 atom stereocenters. The Morgan fingerprint density at radius 3 is 1.86 bits per heavy atom. The fraction of sp³-hybridized carbons (Fsp3) is 0.209. The van der Waals surface area contributed by atoms with Crippen LogP contribution in [0, 0.1) is 0 Å². The van der Waals surface area contributed by atoms with Crippen LogP contribution in [0.5, 0.6) is 11.5 Å². The zero-order valence-electron chi connectivity index (χ0n) is 27.3. The highest BCUT2D eigenvalue weighted by molar-refractivity contribution is 6.23. The number of ether oxygens (including phenoxy) is 5. The van der Waals surface area contributed by atoms with Gasteiger partial charge in [-0.25, -0.2) is 0 Å². The van der Waals surface area contributed by atoms with E-state index in [9.17, 15) is 5.11 Å². The van der Waals surface area contributed by atoms with Crippen LogP contribution in [0.25, 0.3) is 32.3 Å². The summed E-state index contributed by atoms with van der Waals surface area (Å²) in [5, 5.41) is 19.1. The van der Waals surface area contributed by atoms with Gasteiger partial charge in [-0.3, -0.25) is 0 Å². The van der Waals surface area contributed by atoms with Gasteiger partial charge in [0.2, 0.25) is 0 Å². The molecule has 1 N–H and O–H groups in total. The van der Waals surface area contributed by atoms with Gasteiger partial charge in [-0.15, -0.1) is 0 Å². The molecule has 0 radical (unpaired) electrons. The number of methoxy groups -OCH3 is 2. The van der Waals surface area contributed by atoms with E-state index < -0.39 is 29.5 Å². The van der Waals surface area contributed by atoms with Crippen LogP contribution in [0.1, 0.15) is 28.4 Å². The van der Waals surface area contributed by atoms with Gasteiger partial charge in [-0.1, -0.05) is 109 Å². The maximum atomic E-state index is 11.9. The molecule has 0 unspecified atom stereocenters. The molecule has 2 heterocycles. The fourth-order valence-electron chi connectivity index (χ4n) is 8.10. The molecular formula is C43H36O6. The Balaban J connectivity index is 1.13. The van der Waals surface area contributed by atoms with Crippen molar-refractivity contribution in [3.8, 4) is 11.5 Å². The Labute approximate surface area is 284 Å². The fourth-order valence-corrected chi connectivity index (χ4v) is 8.10. The van der Waals surface area contributed by atoms with Gasteiger partial charge in [-0.2, -0.15) is 0 Å². The maximum absolute atomic E-state index is 11.9. The van der Waals surface area contributed by atoms with E-state index in [2.05, 4.69) is 66.7 Å². The Kier molecular flexibility index (Phi) is 7.11. The minimum absolute atomic E-state index is 0.0833. The molecule has 9 rings (SSSR count). The second-order valence-corrected chi connectivity index (χ2v) is 13.1. The standard InChI is InChI=1S/C43H36O6/c1-45-33-19-15-31(16-20-33)43(30-9-4-3-5-10-30,32-17-21-34(46-2)22-18-32)48-26-42-25-47-40(41(42)44)39(49-42)36-24-14-29-12-11-27-7-6-8-28-13-23-35(36)38(29)37(27)28/h3-24,39-41,44H,25-26H2,1-2H3/t39-,40-,41+,42-/m0/s1. The van der Waals surface area contributed by atoms with Crippen LogP contribution >= 0.6 is 0 Å². The number of rotatable bonds is 9. The molecule has 7 aromatic carbocycles. The number of aliphatic hydroxyl groups excluding tert-OH is 1. The predicted molar refractivity (Wildman–Crippen MR) is 191 cm³/mol. The van der Waals surface area contributed by atoms with Gasteiger partial charge in [0.25, 0.3) is 0 Å². The van der Waals surface area contributed by atoms with Crippen molar-refractivity contribution >= 4 is 32.3 Å². The predicted octanol–water partition coefficient (Wildman–Crippen LogP) is 8.18. The van der Waals surface area contributed by atoms with Crippen molar-refractivity contribution in [2.45, 2.75) is 29.5 Å². The molecule has 2 aliphatic heterocycles. The lowest BCUT2D eigenvalue weighted by atomic mass is 9.79. The van der Waals surface area contributed by atoms with Gasteiger partial charge >= 0.3 is 0 Å². The van der Waals surface area contributed by atoms with Crippen LogP contribution in [-0.2, 0) is 19.8 Å². The van der Waals surface area contributed by atoms with E-state index in [-0.39, 0.29) is 13.2 Å². The largest absolute Gasteiger partial charge is 0.497 e. The first-order valence-electron chi connectivity index (χ1n) is 16.7. The molecule has 2 bridgehead atoms. The summed E-state index contributed by atoms with van der Waals surface area (Å²) in [4.78, 5) is 0. The number of hydrogen-bond acceptors (Lipinski definition) is 6. The summed E-state index contributed by atoms with van der Waals surface area (Å²) in [5.41, 5.74) is 1.63. The minimum atomic E-state index is -1.09. The van der Waals surface area contributed by atoms with E-state index in [1.54, 1.807) is 14.2 Å². The molecule has 2 saturated heterocycles. The van der Waals surface area contributed by atoms with Crippen LogP contribution < -0.4 is 9.47 Å². The lowest BCUT2D eigenvalue weighted by Crippen LogP contribution is -2.48. The molecule has 6 nitrogen and oxygen atoms in total. The lowest BCUT2D eigenvalue weighted by Gasteiger charge is -2.40. The summed E-state index contributed by atoms with van der Waals surface area (Å²) in [5.74, 6) is 1.49. The molecule has 0 amide bonds. The van der Waals surface area contributed by atoms with Crippen molar-refractivity contribution < 1.29 is 28.8 Å². The minimum Gasteiger partial charge on any atom is -0.497 e. The Morgan fingerprint density at radius 2 is 1.22 bits per heavy atom. The van der Waals surface area contributed by atoms with Crippen LogP contribution in [0.4, 0.5) is 0 Å². The molecule has 0 aliphatic carbocycles. The van der Waals surface area contributed by atoms with Crippen molar-refractivity contribution in [3.05, 3.63) is 156 Å². The van der Waals surface area contributed by atoms with E-state index in [0.29, 0.717) is 0 Å². The third kappa shape index (κ3) is 4.56. The highest BCUT2D eigenvalue weighted by Crippen LogP contribution is 2.51. The zero-order chi connectivity index (χ0) is 33.2. The second kappa shape index (κ2) is 11.6. The van der Waals surface area contributed by atoms with Gasteiger partial charge in [0.1, 0.15) is 41.0 Å². The Hall–Kier alpha value is -4.98. The van der Waals surface area contributed by atoms with Crippen molar-refractivity contribution in [1.82, 2.24) is 0 Å². The normalized spacial score (nSPS) is 22.0. The average molecular weight is 649 g/mol. The first-order valence-corrected chi connectivity index (χ1v) is 16.7. The number of fused-ring (bicyclic) bond motifs is 2. The molecular weight excluding hydrogens is 612 g/mol. The highest BCUT2D eigenvalue weighted by atomic mass is 16.7. The summed E-state index contributed by atoms with van der Waals surface area (Å²) in [6.45, 7) is 0.303. The molecule has 2 fully saturated rings. The van der Waals surface area contributed by atoms with E-state index in [1.807, 2.05) is 66.7 Å². The summed E-state index contributed by atoms with van der Waals surface area (Å²) < 4.78 is 31.6. The topological polar surface area (TPSA) is 66.4 Å². The summed E-state index contributed by atoms with van der Waals surface area (Å²) in [6, 6.07) is 45.5. The van der Waals surface area contributed by atoms with E-state index in [1.165, 1.54) is 26.9 Å². The quantitative estimate of drug-likeness (QED) is 0.126. The smallest absolute Gasteiger partial charge is 0.144 e. The van der Waals surface area contributed by atoms with Gasteiger partial charge < -0.3 is 28.8 Å². The van der Waals surface area contributed by atoms with E-state index >= 15 is 0 Å². The third-order valence-corrected chi connectivity index (χ3v) is 10.6. The Morgan fingerprint density at radius 1 is 0.653 bits per heavy atom. The van der Waals surface area contributed by atoms with Crippen LogP contribution in [0.15, 0.2) is 133 Å². The molecule has 49 heavy (non-hydrogen) atoms. The van der Waals surface area contributed by atoms with Crippen LogP contribution in [-0.4, -0.2) is 50.3 Å². The highest BCUT2D eigenvalue weighted by Gasteiger charge is 2.62. The lowest BCUT2D eigenvalue weighted by molar-refractivity contribution is -0.184. The summed E-state index contributed by atoms with van der Waals surface area (Å²) >= 11 is 0. The molecule has 0 aromatic heterocycles. The van der Waals surface area contributed by atoms with Crippen molar-refractivity contribution in [2.24, 2.45) is 0 Å². The summed E-state index contributed by atoms with van der Waals surface area (Å²) in [7, 11) is 3.32. The van der Waals surface area contributed by atoms with Gasteiger partial charge in [0.15, 0.2) is 0 Å². The van der Waals surface area contributed by atoms with E-state index in [4.69, 9.17) is 23.7 Å². The van der Waals surface area contributed by atoms with E-state index in [0.717, 1.165) is 39.1 Å². The molecule has 0 spiro atoms. The van der Waals surface area contributed by atoms with Crippen molar-refractivity contribution in [2.75, 3.05) is 27.4 Å². The Bertz CT molecular complexity index is 2200. The monoisotopic (exact) mass is 648 g/mol. The first kappa shape index (κ1) is 30.1. The molecule has 6 heteroatoms. The molecule has 244 valence electrons. The SMILES string of the molecule is COc1ccc(C(OC[C@@]23CO[C@H]([C@H]2O)[C@H](c2ccc4ccc5cccc6ccc2c4c56)O3)(c2ccccc2)c2ccc(OC)cc2)cc1. The maximum Gasteiger partial charge on any atom is 0.144 e. The molecule has 0 saturated carbocycles. The molecule has 2 aliphatic rings. The van der Waals surface area contributed by atoms with Gasteiger partial charge in [-0.05, 0) is 78.8 Å². The average Bonchev–Trinajstić information content (AvgIpc) is 3.63. The van der Waals surface area contributed by atoms with Crippen LogP contribution in [0.3, 0.4) is 0 Å². The van der Waals surface area contributed by atoms with Gasteiger partial charge in [0, 0.05) is 0 Å².